The van der Waals surface area contributed by atoms with Crippen molar-refractivity contribution in [3.05, 3.63) is 59.7 Å². The van der Waals surface area contributed by atoms with Crippen molar-refractivity contribution in [1.29, 1.82) is 0 Å². The molecule has 0 saturated carbocycles. The van der Waals surface area contributed by atoms with Gasteiger partial charge in [-0.15, -0.1) is 0 Å². The monoisotopic (exact) mass is 303 g/mol. The molecule has 0 aliphatic carbocycles. The van der Waals surface area contributed by atoms with Gasteiger partial charge in [0.25, 0.3) is 0 Å². The molecule has 0 bridgehead atoms. The number of sulfonamides is 1. The molecule has 0 heterocycles. The molecule has 2 aromatic rings. The SMILES string of the molecule is Cc1ccc(N(C)N=NS(=O)(=O)c2ccc(C)cc2)cc1. The highest BCUT2D eigenvalue weighted by Crippen LogP contribution is 2.17. The fourth-order valence-electron chi connectivity index (χ4n) is 1.67. The van der Waals surface area contributed by atoms with Gasteiger partial charge in [0.15, 0.2) is 0 Å². The molecule has 0 aliphatic heterocycles. The minimum absolute atomic E-state index is 0.133. The van der Waals surface area contributed by atoms with Crippen LogP contribution < -0.4 is 5.01 Å². The Hall–Kier alpha value is -2.21. The molecule has 2 aromatic carbocycles. The van der Waals surface area contributed by atoms with E-state index in [9.17, 15) is 8.42 Å². The molecule has 0 radical (unpaired) electrons. The summed E-state index contributed by atoms with van der Waals surface area (Å²) < 4.78 is 27.6. The van der Waals surface area contributed by atoms with Crippen LogP contribution in [-0.4, -0.2) is 15.5 Å². The summed E-state index contributed by atoms with van der Waals surface area (Å²) in [6.07, 6.45) is 0. The first-order valence-electron chi connectivity index (χ1n) is 6.43. The topological polar surface area (TPSA) is 62.1 Å². The van der Waals surface area contributed by atoms with Gasteiger partial charge in [0, 0.05) is 7.05 Å². The van der Waals surface area contributed by atoms with Crippen LogP contribution >= 0.6 is 0 Å². The van der Waals surface area contributed by atoms with Gasteiger partial charge in [-0.2, -0.15) is 8.42 Å². The summed E-state index contributed by atoms with van der Waals surface area (Å²) in [5.41, 5.74) is 2.88. The Kier molecular flexibility index (Phi) is 4.37. The molecule has 0 aliphatic rings. The first-order chi connectivity index (χ1) is 9.88. The number of hydrogen-bond donors (Lipinski definition) is 0. The number of benzene rings is 2. The molecule has 0 unspecified atom stereocenters. The Morgan fingerprint density at radius 3 is 1.86 bits per heavy atom. The highest BCUT2D eigenvalue weighted by atomic mass is 32.2. The van der Waals surface area contributed by atoms with Crippen molar-refractivity contribution in [1.82, 2.24) is 0 Å². The molecule has 6 heteroatoms. The Morgan fingerprint density at radius 2 is 1.33 bits per heavy atom. The van der Waals surface area contributed by atoms with Crippen LogP contribution in [-0.2, 0) is 10.0 Å². The second-order valence-corrected chi connectivity index (χ2v) is 6.40. The lowest BCUT2D eigenvalue weighted by Gasteiger charge is -2.11. The molecule has 0 fully saturated rings. The molecular weight excluding hydrogens is 286 g/mol. The van der Waals surface area contributed by atoms with Gasteiger partial charge in [-0.1, -0.05) is 40.6 Å². The van der Waals surface area contributed by atoms with Gasteiger partial charge in [0.05, 0.1) is 10.6 Å². The highest BCUT2D eigenvalue weighted by Gasteiger charge is 2.13. The van der Waals surface area contributed by atoms with E-state index in [1.165, 1.54) is 17.1 Å². The molecule has 0 saturated heterocycles. The number of anilines is 1. The van der Waals surface area contributed by atoms with Crippen LogP contribution in [0.15, 0.2) is 63.2 Å². The number of aryl methyl sites for hydroxylation is 2. The number of nitrogens with zero attached hydrogens (tertiary/aromatic N) is 3. The average molecular weight is 303 g/mol. The Balaban J connectivity index is 2.19. The molecule has 5 nitrogen and oxygen atoms in total. The van der Waals surface area contributed by atoms with E-state index >= 15 is 0 Å². The maximum atomic E-state index is 12.0. The van der Waals surface area contributed by atoms with Crippen LogP contribution in [0.5, 0.6) is 0 Å². The van der Waals surface area contributed by atoms with Gasteiger partial charge in [0.2, 0.25) is 0 Å². The predicted octanol–water partition coefficient (Wildman–Crippen LogP) is 3.50. The summed E-state index contributed by atoms with van der Waals surface area (Å²) in [6.45, 7) is 3.87. The van der Waals surface area contributed by atoms with Crippen LogP contribution in [0.3, 0.4) is 0 Å². The van der Waals surface area contributed by atoms with Gasteiger partial charge in [-0.25, -0.2) is 5.01 Å². The standard InChI is InChI=1S/C15H17N3O2S/c1-12-4-8-14(9-5-12)18(3)16-17-21(19,20)15-10-6-13(2)7-11-15/h4-11H,1-3H3. The smallest absolute Gasteiger partial charge is 0.249 e. The predicted molar refractivity (Wildman–Crippen MR) is 82.8 cm³/mol. The third kappa shape index (κ3) is 3.88. The minimum atomic E-state index is -3.77. The largest absolute Gasteiger partial charge is 0.301 e. The van der Waals surface area contributed by atoms with E-state index in [1.807, 2.05) is 38.1 Å². The van der Waals surface area contributed by atoms with Gasteiger partial charge < -0.3 is 0 Å². The van der Waals surface area contributed by atoms with Crippen molar-refractivity contribution in [2.45, 2.75) is 18.7 Å². The normalized spacial score (nSPS) is 11.8. The lowest BCUT2D eigenvalue weighted by Crippen LogP contribution is -2.08. The Labute approximate surface area is 125 Å². The summed E-state index contributed by atoms with van der Waals surface area (Å²) in [4.78, 5) is 0.133. The van der Waals surface area contributed by atoms with Crippen molar-refractivity contribution in [3.63, 3.8) is 0 Å². The lowest BCUT2D eigenvalue weighted by atomic mass is 10.2. The molecule has 0 amide bonds. The fourth-order valence-corrected chi connectivity index (χ4v) is 2.45. The van der Waals surface area contributed by atoms with Crippen LogP contribution in [0.2, 0.25) is 0 Å². The molecule has 110 valence electrons. The van der Waals surface area contributed by atoms with Gasteiger partial charge in [-0.05, 0) is 42.6 Å². The molecule has 0 N–H and O–H groups in total. The van der Waals surface area contributed by atoms with E-state index in [4.69, 9.17) is 0 Å². The summed E-state index contributed by atoms with van der Waals surface area (Å²) in [7, 11) is -2.12. The summed E-state index contributed by atoms with van der Waals surface area (Å²) in [6, 6.07) is 14.1. The molecule has 2 rings (SSSR count). The maximum Gasteiger partial charge on any atom is 0.301 e. The zero-order valence-corrected chi connectivity index (χ0v) is 13.0. The summed E-state index contributed by atoms with van der Waals surface area (Å²) in [5.74, 6) is 0. The average Bonchev–Trinajstić information content (AvgIpc) is 2.46. The van der Waals surface area contributed by atoms with E-state index in [2.05, 4.69) is 9.74 Å². The first-order valence-corrected chi connectivity index (χ1v) is 7.87. The van der Waals surface area contributed by atoms with Crippen LogP contribution in [0.4, 0.5) is 5.69 Å². The van der Waals surface area contributed by atoms with Crippen LogP contribution in [0.25, 0.3) is 0 Å². The molecular formula is C15H17N3O2S. The quantitative estimate of drug-likeness (QED) is 0.641. The third-order valence-electron chi connectivity index (χ3n) is 3.00. The second-order valence-electron chi connectivity index (χ2n) is 4.82. The zero-order chi connectivity index (χ0) is 15.5. The van der Waals surface area contributed by atoms with Crippen LogP contribution in [0.1, 0.15) is 11.1 Å². The van der Waals surface area contributed by atoms with E-state index in [0.29, 0.717) is 0 Å². The first kappa shape index (κ1) is 15.2. The number of rotatable bonds is 4. The molecule has 0 spiro atoms. The second kappa shape index (κ2) is 6.05. The van der Waals surface area contributed by atoms with E-state index in [-0.39, 0.29) is 4.90 Å². The molecule has 21 heavy (non-hydrogen) atoms. The van der Waals surface area contributed by atoms with E-state index < -0.39 is 10.0 Å². The zero-order valence-electron chi connectivity index (χ0n) is 12.2. The molecule has 0 aromatic heterocycles. The third-order valence-corrected chi connectivity index (χ3v) is 4.16. The summed E-state index contributed by atoms with van der Waals surface area (Å²) >= 11 is 0. The van der Waals surface area contributed by atoms with Crippen molar-refractivity contribution in [2.24, 2.45) is 9.74 Å². The van der Waals surface area contributed by atoms with E-state index in [0.717, 1.165) is 16.8 Å². The summed E-state index contributed by atoms with van der Waals surface area (Å²) in [5, 5.41) is 5.19. The van der Waals surface area contributed by atoms with E-state index in [1.54, 1.807) is 19.2 Å². The maximum absolute atomic E-state index is 12.0. The van der Waals surface area contributed by atoms with Crippen LogP contribution in [0, 0.1) is 13.8 Å². The lowest BCUT2D eigenvalue weighted by molar-refractivity contribution is 0.594. The molecule has 0 atom stereocenters. The van der Waals surface area contributed by atoms with Gasteiger partial charge >= 0.3 is 10.0 Å². The highest BCUT2D eigenvalue weighted by molar-refractivity contribution is 7.90. The minimum Gasteiger partial charge on any atom is -0.249 e. The Bertz CT molecular complexity index is 735. The van der Waals surface area contributed by atoms with Gasteiger partial charge in [0.1, 0.15) is 0 Å². The fraction of sp³-hybridized carbons (Fsp3) is 0.200. The van der Waals surface area contributed by atoms with Gasteiger partial charge in [-0.3, -0.25) is 0 Å². The van der Waals surface area contributed by atoms with Crippen molar-refractivity contribution >= 4 is 15.7 Å². The van der Waals surface area contributed by atoms with Crippen molar-refractivity contribution < 1.29 is 8.42 Å². The van der Waals surface area contributed by atoms with Crippen molar-refractivity contribution in [3.8, 4) is 0 Å². The Morgan fingerprint density at radius 1 is 0.857 bits per heavy atom. The van der Waals surface area contributed by atoms with Crippen molar-refractivity contribution in [2.75, 3.05) is 12.1 Å². The number of hydrogen-bond acceptors (Lipinski definition) is 3.